The molecule has 1 atom stereocenters. The summed E-state index contributed by atoms with van der Waals surface area (Å²) in [6.45, 7) is 1.93. The topological polar surface area (TPSA) is 20.2 Å². The Hall–Kier alpha value is -0.540. The smallest absolute Gasteiger partial charge is 0.124 e. The van der Waals surface area contributed by atoms with Crippen molar-refractivity contribution in [2.24, 2.45) is 0 Å². The first-order valence-electron chi connectivity index (χ1n) is 4.28. The van der Waals surface area contributed by atoms with Gasteiger partial charge >= 0.3 is 0 Å². The Labute approximate surface area is 82.0 Å². The number of thioether (sulfide) groups is 1. The van der Waals surface area contributed by atoms with E-state index in [1.807, 2.05) is 13.0 Å². The highest BCUT2D eigenvalue weighted by Crippen LogP contribution is 2.19. The zero-order valence-corrected chi connectivity index (χ0v) is 8.35. The van der Waals surface area contributed by atoms with E-state index in [0.29, 0.717) is 5.75 Å². The van der Waals surface area contributed by atoms with Crippen LogP contribution in [0, 0.1) is 5.82 Å². The summed E-state index contributed by atoms with van der Waals surface area (Å²) in [7, 11) is 0. The van der Waals surface area contributed by atoms with Crippen LogP contribution in [0.1, 0.15) is 13.3 Å². The Balaban J connectivity index is 2.45. The Bertz CT molecular complexity index is 265. The molecule has 0 amide bonds. The first-order chi connectivity index (χ1) is 6.22. The van der Waals surface area contributed by atoms with Crippen LogP contribution in [0.25, 0.3) is 0 Å². The maximum Gasteiger partial charge on any atom is 0.124 e. The summed E-state index contributed by atoms with van der Waals surface area (Å²) in [5.41, 5.74) is 0. The number of halogens is 1. The number of hydrogen-bond acceptors (Lipinski definition) is 2. The lowest BCUT2D eigenvalue weighted by Crippen LogP contribution is -2.06. The molecule has 0 heterocycles. The van der Waals surface area contributed by atoms with Crippen molar-refractivity contribution in [1.82, 2.24) is 0 Å². The number of rotatable bonds is 4. The van der Waals surface area contributed by atoms with E-state index in [1.165, 1.54) is 23.9 Å². The van der Waals surface area contributed by atoms with Crippen LogP contribution in [0.3, 0.4) is 0 Å². The summed E-state index contributed by atoms with van der Waals surface area (Å²) in [5, 5.41) is 9.27. The molecule has 1 aromatic carbocycles. The summed E-state index contributed by atoms with van der Waals surface area (Å²) >= 11 is 1.48. The maximum atomic E-state index is 12.7. The lowest BCUT2D eigenvalue weighted by molar-refractivity contribution is 0.195. The highest BCUT2D eigenvalue weighted by molar-refractivity contribution is 7.99. The van der Waals surface area contributed by atoms with Crippen LogP contribution in [0.2, 0.25) is 0 Å². The molecule has 1 nitrogen and oxygen atoms in total. The van der Waals surface area contributed by atoms with Gasteiger partial charge in [-0.05, 0) is 24.6 Å². The summed E-state index contributed by atoms with van der Waals surface area (Å²) < 4.78 is 12.7. The van der Waals surface area contributed by atoms with Gasteiger partial charge in [0.25, 0.3) is 0 Å². The van der Waals surface area contributed by atoms with E-state index in [2.05, 4.69) is 0 Å². The van der Waals surface area contributed by atoms with E-state index < -0.39 is 0 Å². The second kappa shape index (κ2) is 5.25. The molecule has 0 aliphatic heterocycles. The third-order valence-corrected chi connectivity index (χ3v) is 2.85. The zero-order chi connectivity index (χ0) is 9.68. The van der Waals surface area contributed by atoms with Gasteiger partial charge in [0.2, 0.25) is 0 Å². The van der Waals surface area contributed by atoms with Gasteiger partial charge in [0.05, 0.1) is 6.10 Å². The summed E-state index contributed by atoms with van der Waals surface area (Å²) in [6.07, 6.45) is 0.441. The molecular formula is C10H13FOS. The molecule has 72 valence electrons. The van der Waals surface area contributed by atoms with Crippen LogP contribution < -0.4 is 0 Å². The van der Waals surface area contributed by atoms with Gasteiger partial charge in [-0.15, -0.1) is 11.8 Å². The third-order valence-electron chi connectivity index (χ3n) is 1.71. The van der Waals surface area contributed by atoms with Crippen LogP contribution in [-0.4, -0.2) is 17.0 Å². The van der Waals surface area contributed by atoms with Crippen molar-refractivity contribution < 1.29 is 9.50 Å². The fourth-order valence-electron chi connectivity index (χ4n) is 0.867. The fourth-order valence-corrected chi connectivity index (χ4v) is 1.86. The molecule has 3 heteroatoms. The molecule has 0 radical (unpaired) electrons. The average Bonchev–Trinajstić information content (AvgIpc) is 2.14. The van der Waals surface area contributed by atoms with Gasteiger partial charge in [-0.25, -0.2) is 4.39 Å². The van der Waals surface area contributed by atoms with E-state index in [9.17, 15) is 9.50 Å². The largest absolute Gasteiger partial charge is 0.392 e. The van der Waals surface area contributed by atoms with Crippen molar-refractivity contribution in [3.63, 3.8) is 0 Å². The zero-order valence-electron chi connectivity index (χ0n) is 7.53. The van der Waals surface area contributed by atoms with E-state index in [-0.39, 0.29) is 11.9 Å². The van der Waals surface area contributed by atoms with Crippen LogP contribution in [0.5, 0.6) is 0 Å². The molecule has 0 bridgehead atoms. The summed E-state index contributed by atoms with van der Waals surface area (Å²) in [5.74, 6) is 0.399. The molecule has 0 saturated carbocycles. The molecule has 0 fully saturated rings. The molecule has 0 aliphatic rings. The fraction of sp³-hybridized carbons (Fsp3) is 0.400. The predicted octanol–water partition coefficient (Wildman–Crippen LogP) is 2.69. The first-order valence-corrected chi connectivity index (χ1v) is 5.27. The van der Waals surface area contributed by atoms with Gasteiger partial charge in [-0.2, -0.15) is 0 Å². The SMILES string of the molecule is CCC(O)CSc1cccc(F)c1. The molecule has 1 rings (SSSR count). The molecule has 13 heavy (non-hydrogen) atoms. The van der Waals surface area contributed by atoms with Crippen molar-refractivity contribution in [2.45, 2.75) is 24.3 Å². The Morgan fingerprint density at radius 2 is 2.31 bits per heavy atom. The monoisotopic (exact) mass is 200 g/mol. The molecule has 1 unspecified atom stereocenters. The van der Waals surface area contributed by atoms with Crippen LogP contribution in [0.15, 0.2) is 29.2 Å². The Morgan fingerprint density at radius 3 is 2.92 bits per heavy atom. The Morgan fingerprint density at radius 1 is 1.54 bits per heavy atom. The maximum absolute atomic E-state index is 12.7. The van der Waals surface area contributed by atoms with Crippen LogP contribution >= 0.6 is 11.8 Å². The van der Waals surface area contributed by atoms with Gasteiger partial charge < -0.3 is 5.11 Å². The molecule has 1 aromatic rings. The van der Waals surface area contributed by atoms with E-state index in [1.54, 1.807) is 6.07 Å². The second-order valence-electron chi connectivity index (χ2n) is 2.83. The molecule has 0 aliphatic carbocycles. The van der Waals surface area contributed by atoms with Crippen LogP contribution in [-0.2, 0) is 0 Å². The highest BCUT2D eigenvalue weighted by atomic mass is 32.2. The third kappa shape index (κ3) is 3.79. The highest BCUT2D eigenvalue weighted by Gasteiger charge is 2.02. The predicted molar refractivity (Wildman–Crippen MR) is 53.4 cm³/mol. The minimum Gasteiger partial charge on any atom is -0.392 e. The Kier molecular flexibility index (Phi) is 4.25. The van der Waals surface area contributed by atoms with Crippen LogP contribution in [0.4, 0.5) is 4.39 Å². The first kappa shape index (κ1) is 10.5. The van der Waals surface area contributed by atoms with Crippen molar-refractivity contribution in [3.8, 4) is 0 Å². The van der Waals surface area contributed by atoms with Gasteiger partial charge in [0.1, 0.15) is 5.82 Å². The lowest BCUT2D eigenvalue weighted by atomic mass is 10.3. The van der Waals surface area contributed by atoms with Gasteiger partial charge in [-0.1, -0.05) is 13.0 Å². The van der Waals surface area contributed by atoms with Crippen molar-refractivity contribution in [2.75, 3.05) is 5.75 Å². The van der Waals surface area contributed by atoms with Gasteiger partial charge in [0.15, 0.2) is 0 Å². The van der Waals surface area contributed by atoms with Gasteiger partial charge in [-0.3, -0.25) is 0 Å². The van der Waals surface area contributed by atoms with Crippen molar-refractivity contribution >= 4 is 11.8 Å². The van der Waals surface area contributed by atoms with Gasteiger partial charge in [0, 0.05) is 10.6 Å². The normalized spacial score (nSPS) is 12.8. The second-order valence-corrected chi connectivity index (χ2v) is 3.92. The molecule has 1 N–H and O–H groups in total. The van der Waals surface area contributed by atoms with Crippen molar-refractivity contribution in [1.29, 1.82) is 0 Å². The summed E-state index contributed by atoms with van der Waals surface area (Å²) in [6, 6.07) is 6.42. The number of benzene rings is 1. The van der Waals surface area contributed by atoms with Crippen molar-refractivity contribution in [3.05, 3.63) is 30.1 Å². The van der Waals surface area contributed by atoms with E-state index in [0.717, 1.165) is 11.3 Å². The number of aliphatic hydroxyl groups is 1. The number of aliphatic hydroxyl groups excluding tert-OH is 1. The molecular weight excluding hydrogens is 187 g/mol. The quantitative estimate of drug-likeness (QED) is 0.754. The minimum atomic E-state index is -0.298. The molecule has 0 aromatic heterocycles. The lowest BCUT2D eigenvalue weighted by Gasteiger charge is -2.06. The van der Waals surface area contributed by atoms with E-state index in [4.69, 9.17) is 0 Å². The molecule has 0 saturated heterocycles. The summed E-state index contributed by atoms with van der Waals surface area (Å²) in [4.78, 5) is 0.868. The minimum absolute atomic E-state index is 0.226. The standard InChI is InChI=1S/C10H13FOS/c1-2-9(12)7-13-10-5-3-4-8(11)6-10/h3-6,9,12H,2,7H2,1H3. The molecule has 0 spiro atoms. The number of hydrogen-bond donors (Lipinski definition) is 1. The average molecular weight is 200 g/mol. The van der Waals surface area contributed by atoms with E-state index >= 15 is 0 Å².